The summed E-state index contributed by atoms with van der Waals surface area (Å²) in [6.45, 7) is 9.57. The third kappa shape index (κ3) is 5.01. The Morgan fingerprint density at radius 3 is 2.58 bits per heavy atom. The topological polar surface area (TPSA) is 117 Å². The summed E-state index contributed by atoms with van der Waals surface area (Å²) in [5, 5.41) is 14.0. The number of β-amino-alcohol motifs (C(OH)–C–C–N with tert-alkyl or cyclic N) is 1. The molecule has 214 valence electrons. The molecular formula is C29H38ClN7O3. The fraction of sp³-hybridized carbons (Fsp3) is 0.586. The minimum Gasteiger partial charge on any atom is -0.391 e. The second-order valence-corrected chi connectivity index (χ2v) is 12.6. The van der Waals surface area contributed by atoms with Crippen LogP contribution in [0.4, 0.5) is 10.7 Å². The zero-order valence-corrected chi connectivity index (χ0v) is 24.2. The largest absolute Gasteiger partial charge is 0.427 e. The first kappa shape index (κ1) is 27.2. The minimum absolute atomic E-state index is 0.157. The van der Waals surface area contributed by atoms with Crippen molar-refractivity contribution in [1.82, 2.24) is 30.3 Å². The van der Waals surface area contributed by atoms with E-state index in [1.54, 1.807) is 12.4 Å². The van der Waals surface area contributed by atoms with Crippen LogP contribution in [0.5, 0.6) is 0 Å². The average molecular weight is 568 g/mol. The summed E-state index contributed by atoms with van der Waals surface area (Å²) < 4.78 is 2.35. The molecule has 1 aliphatic carbocycles. The van der Waals surface area contributed by atoms with E-state index in [0.29, 0.717) is 41.2 Å². The zero-order valence-electron chi connectivity index (χ0n) is 23.5. The van der Waals surface area contributed by atoms with Gasteiger partial charge in [-0.15, -0.1) is 5.48 Å². The number of hydrogen-bond acceptors (Lipinski definition) is 8. The average Bonchev–Trinajstić information content (AvgIpc) is 3.64. The minimum atomic E-state index is -0.620. The van der Waals surface area contributed by atoms with Crippen molar-refractivity contribution in [2.45, 2.75) is 84.2 Å². The molecule has 0 bridgehead atoms. The van der Waals surface area contributed by atoms with Crippen LogP contribution in [0.25, 0.3) is 22.3 Å². The molecule has 10 nitrogen and oxygen atoms in total. The van der Waals surface area contributed by atoms with E-state index in [9.17, 15) is 9.90 Å². The number of carbonyl (C=O) groups excluding carboxylic acids is 1. The summed E-state index contributed by atoms with van der Waals surface area (Å²) in [6.07, 6.45) is 7.23. The summed E-state index contributed by atoms with van der Waals surface area (Å²) >= 11 is 6.41. The lowest BCUT2D eigenvalue weighted by atomic mass is 9.79. The van der Waals surface area contributed by atoms with Gasteiger partial charge in [0.2, 0.25) is 5.95 Å². The smallest absolute Gasteiger partial charge is 0.391 e. The number of nitrogens with one attached hydrogen (secondary N) is 2. The van der Waals surface area contributed by atoms with E-state index in [2.05, 4.69) is 52.9 Å². The molecule has 5 heterocycles. The molecule has 3 fully saturated rings. The van der Waals surface area contributed by atoms with Crippen molar-refractivity contribution in [3.63, 3.8) is 0 Å². The first-order valence-electron chi connectivity index (χ1n) is 14.4. The quantitative estimate of drug-likeness (QED) is 0.364. The van der Waals surface area contributed by atoms with Gasteiger partial charge in [-0.1, -0.05) is 45.2 Å². The Morgan fingerprint density at radius 1 is 1.12 bits per heavy atom. The summed E-state index contributed by atoms with van der Waals surface area (Å²) in [4.78, 5) is 33.7. The molecule has 0 spiro atoms. The number of halogens is 1. The molecule has 4 atom stereocenters. The molecule has 40 heavy (non-hydrogen) atoms. The number of hydroxylamine groups is 1. The van der Waals surface area contributed by atoms with Crippen LogP contribution < -0.4 is 15.7 Å². The Hall–Kier alpha value is -2.95. The van der Waals surface area contributed by atoms with Gasteiger partial charge in [-0.25, -0.2) is 14.8 Å². The van der Waals surface area contributed by atoms with Crippen LogP contribution in [0.1, 0.15) is 77.7 Å². The number of carbonyl (C=O) groups is 1. The van der Waals surface area contributed by atoms with Crippen LogP contribution in [0, 0.1) is 17.8 Å². The van der Waals surface area contributed by atoms with Gasteiger partial charge in [-0.05, 0) is 56.1 Å². The molecule has 0 aromatic carbocycles. The molecule has 6 rings (SSSR count). The molecule has 3 N–H and O–H groups in total. The van der Waals surface area contributed by atoms with Crippen molar-refractivity contribution < 1.29 is 14.7 Å². The lowest BCUT2D eigenvalue weighted by Gasteiger charge is -2.35. The van der Waals surface area contributed by atoms with Gasteiger partial charge in [0.1, 0.15) is 0 Å². The van der Waals surface area contributed by atoms with Crippen LogP contribution in [-0.2, 0) is 4.84 Å². The molecule has 2 unspecified atom stereocenters. The van der Waals surface area contributed by atoms with Gasteiger partial charge in [-0.2, -0.15) is 0 Å². The maximum Gasteiger partial charge on any atom is 0.427 e. The van der Waals surface area contributed by atoms with E-state index >= 15 is 0 Å². The molecule has 2 aliphatic heterocycles. The van der Waals surface area contributed by atoms with Gasteiger partial charge in [0.05, 0.1) is 33.5 Å². The standard InChI is InChI=1S/C29H38ClN7O3/c1-15(2)24-10-21(38)14-36(24)28-33-22-11-23(27-34-29(39)40-35-27)32-25(19-9-20(30)13-31-12-19)26(22)37(28)17(4)18-7-5-16(3)6-8-18/h9,11-13,15-18,21,24,27,35,38H,5-8,10,14H2,1-4H3,(H,34,39)/t16?,17?,18?,21-,24+,27?/m1/s1. The molecule has 3 aromatic heterocycles. The SMILES string of the molecule is CC1CCC(C(C)n2c(N3C[C@H](O)C[C@H]3C(C)C)nc3cc(C4NOC(=O)N4)nc(-c4cncc(Cl)c4)c32)CC1. The number of fused-ring (bicyclic) bond motifs is 1. The third-order valence-corrected chi connectivity index (χ3v) is 9.18. The number of rotatable bonds is 6. The number of aliphatic hydroxyl groups excluding tert-OH is 1. The van der Waals surface area contributed by atoms with Crippen molar-refractivity contribution in [3.8, 4) is 11.3 Å². The number of pyridine rings is 2. The van der Waals surface area contributed by atoms with Crippen LogP contribution in [0.15, 0.2) is 24.5 Å². The monoisotopic (exact) mass is 567 g/mol. The first-order valence-corrected chi connectivity index (χ1v) is 14.8. The summed E-state index contributed by atoms with van der Waals surface area (Å²) in [5.41, 5.74) is 6.42. The molecule has 1 amide bonds. The molecule has 3 aliphatic rings. The first-order chi connectivity index (χ1) is 19.2. The molecule has 3 aromatic rings. The maximum absolute atomic E-state index is 11.8. The van der Waals surface area contributed by atoms with E-state index in [-0.39, 0.29) is 12.1 Å². The van der Waals surface area contributed by atoms with E-state index in [4.69, 9.17) is 26.4 Å². The fourth-order valence-electron chi connectivity index (χ4n) is 6.71. The zero-order chi connectivity index (χ0) is 28.1. The molecular weight excluding hydrogens is 530 g/mol. The Kier molecular flexibility index (Phi) is 7.35. The number of amides is 1. The Morgan fingerprint density at radius 2 is 1.90 bits per heavy atom. The second-order valence-electron chi connectivity index (χ2n) is 12.1. The fourth-order valence-corrected chi connectivity index (χ4v) is 6.89. The van der Waals surface area contributed by atoms with Crippen molar-refractivity contribution >= 4 is 34.7 Å². The van der Waals surface area contributed by atoms with Gasteiger partial charge in [0, 0.05) is 36.6 Å². The van der Waals surface area contributed by atoms with Crippen molar-refractivity contribution in [2.24, 2.45) is 17.8 Å². The summed E-state index contributed by atoms with van der Waals surface area (Å²) in [5.74, 6) is 2.43. The lowest BCUT2D eigenvalue weighted by molar-refractivity contribution is 0.121. The highest BCUT2D eigenvalue weighted by molar-refractivity contribution is 6.30. The third-order valence-electron chi connectivity index (χ3n) is 8.97. The molecule has 1 saturated carbocycles. The Labute approximate surface area is 239 Å². The van der Waals surface area contributed by atoms with Gasteiger partial charge in [0.25, 0.3) is 0 Å². The summed E-state index contributed by atoms with van der Waals surface area (Å²) in [7, 11) is 0. The van der Waals surface area contributed by atoms with Crippen LogP contribution in [-0.4, -0.2) is 49.4 Å². The molecule has 0 radical (unpaired) electrons. The Balaban J connectivity index is 1.59. The van der Waals surface area contributed by atoms with Gasteiger partial charge < -0.3 is 19.4 Å². The van der Waals surface area contributed by atoms with E-state index < -0.39 is 18.4 Å². The highest BCUT2D eigenvalue weighted by atomic mass is 35.5. The van der Waals surface area contributed by atoms with Gasteiger partial charge in [-0.3, -0.25) is 10.3 Å². The second kappa shape index (κ2) is 10.8. The number of imidazole rings is 1. The van der Waals surface area contributed by atoms with Crippen molar-refractivity contribution in [2.75, 3.05) is 11.4 Å². The Bertz CT molecular complexity index is 1400. The molecule has 11 heteroatoms. The highest BCUT2D eigenvalue weighted by Gasteiger charge is 2.39. The van der Waals surface area contributed by atoms with E-state index in [1.165, 1.54) is 12.8 Å². The van der Waals surface area contributed by atoms with Crippen molar-refractivity contribution in [3.05, 3.63) is 35.2 Å². The predicted octanol–water partition coefficient (Wildman–Crippen LogP) is 5.37. The molecule has 2 saturated heterocycles. The van der Waals surface area contributed by atoms with Crippen LogP contribution in [0.2, 0.25) is 5.02 Å². The van der Waals surface area contributed by atoms with E-state index in [1.807, 2.05) is 12.1 Å². The van der Waals surface area contributed by atoms with Gasteiger partial charge >= 0.3 is 6.09 Å². The van der Waals surface area contributed by atoms with Gasteiger partial charge in [0.15, 0.2) is 6.17 Å². The predicted molar refractivity (Wildman–Crippen MR) is 154 cm³/mol. The lowest BCUT2D eigenvalue weighted by Crippen LogP contribution is -2.36. The van der Waals surface area contributed by atoms with Crippen LogP contribution in [0.3, 0.4) is 0 Å². The summed E-state index contributed by atoms with van der Waals surface area (Å²) in [6, 6.07) is 4.09. The number of aliphatic hydroxyl groups is 1. The number of hydrogen-bond donors (Lipinski definition) is 3. The normalized spacial score (nSPS) is 27.8. The maximum atomic E-state index is 11.8. The highest BCUT2D eigenvalue weighted by Crippen LogP contribution is 2.43. The van der Waals surface area contributed by atoms with E-state index in [0.717, 1.165) is 41.3 Å². The number of anilines is 1. The van der Waals surface area contributed by atoms with Crippen LogP contribution >= 0.6 is 11.6 Å². The van der Waals surface area contributed by atoms with Crippen molar-refractivity contribution in [1.29, 1.82) is 0 Å². The number of nitrogens with zero attached hydrogens (tertiary/aromatic N) is 5. The number of aromatic nitrogens is 4.